The van der Waals surface area contributed by atoms with Gasteiger partial charge in [0.1, 0.15) is 0 Å². The highest BCUT2D eigenvalue weighted by molar-refractivity contribution is 5.17. The fourth-order valence-electron chi connectivity index (χ4n) is 3.63. The average molecular weight is 324 g/mol. The monoisotopic (exact) mass is 324 g/mol. The molecule has 1 fully saturated rings. The molecule has 3 heteroatoms. The lowest BCUT2D eigenvalue weighted by Gasteiger charge is -2.28. The molecule has 0 heterocycles. The molecule has 1 aromatic rings. The van der Waals surface area contributed by atoms with E-state index in [4.69, 9.17) is 0 Å². The highest BCUT2D eigenvalue weighted by Gasteiger charge is 2.20. The molecule has 0 radical (unpaired) electrons. The summed E-state index contributed by atoms with van der Waals surface area (Å²) in [6.45, 7) is 0. The Hall–Kier alpha value is -1.25. The molecule has 1 aliphatic carbocycles. The van der Waals surface area contributed by atoms with Crippen molar-refractivity contribution in [3.63, 3.8) is 0 Å². The first-order chi connectivity index (χ1) is 11.2. The second-order valence-electron chi connectivity index (χ2n) is 6.82. The van der Waals surface area contributed by atoms with Crippen LogP contribution in [0.1, 0.15) is 63.4 Å². The zero-order chi connectivity index (χ0) is 16.5. The lowest BCUT2D eigenvalue weighted by Crippen LogP contribution is -2.15. The van der Waals surface area contributed by atoms with Crippen LogP contribution in [0.2, 0.25) is 0 Å². The Morgan fingerprint density at radius 1 is 0.913 bits per heavy atom. The van der Waals surface area contributed by atoms with Crippen LogP contribution in [-0.4, -0.2) is 0 Å². The number of allylic oxidation sites excluding steroid dienone is 1. The van der Waals surface area contributed by atoms with Crippen LogP contribution >= 0.6 is 0 Å². The van der Waals surface area contributed by atoms with Crippen molar-refractivity contribution in [3.05, 3.63) is 47.8 Å². The molecule has 0 N–H and O–H groups in total. The van der Waals surface area contributed by atoms with Crippen molar-refractivity contribution in [3.8, 4) is 0 Å². The maximum atomic E-state index is 13.2. The fourth-order valence-corrected chi connectivity index (χ4v) is 3.63. The summed E-state index contributed by atoms with van der Waals surface area (Å²) < 4.78 is 37.9. The van der Waals surface area contributed by atoms with E-state index in [2.05, 4.69) is 0 Å². The molecular weight excluding hydrogens is 297 g/mol. The molecule has 1 aromatic carbocycles. The average Bonchev–Trinajstić information content (AvgIpc) is 2.57. The molecule has 23 heavy (non-hydrogen) atoms. The summed E-state index contributed by atoms with van der Waals surface area (Å²) in [5.74, 6) is 0.0304. The lowest BCUT2D eigenvalue weighted by molar-refractivity contribution is 0.249. The van der Waals surface area contributed by atoms with Gasteiger partial charge in [0.15, 0.2) is 11.6 Å². The number of hydrogen-bond acceptors (Lipinski definition) is 0. The molecule has 1 aliphatic rings. The number of rotatable bonds is 8. The van der Waals surface area contributed by atoms with Crippen molar-refractivity contribution >= 4 is 0 Å². The Bertz CT molecular complexity index is 488. The predicted molar refractivity (Wildman–Crippen MR) is 88.8 cm³/mol. The molecule has 0 aromatic heterocycles. The first-order valence-corrected chi connectivity index (χ1v) is 8.88. The zero-order valence-electron chi connectivity index (χ0n) is 13.7. The molecule has 0 amide bonds. The molecule has 0 aliphatic heterocycles. The number of hydrogen-bond donors (Lipinski definition) is 0. The molecule has 0 saturated heterocycles. The number of halogens is 3. The van der Waals surface area contributed by atoms with Crippen molar-refractivity contribution in [1.29, 1.82) is 0 Å². The molecule has 0 nitrogen and oxygen atoms in total. The number of unbranched alkanes of at least 4 members (excludes halogenated alkanes) is 2. The second-order valence-corrected chi connectivity index (χ2v) is 6.82. The Labute approximate surface area is 137 Å². The minimum Gasteiger partial charge on any atom is -0.216 e. The van der Waals surface area contributed by atoms with Crippen LogP contribution in [0.5, 0.6) is 0 Å². The van der Waals surface area contributed by atoms with Gasteiger partial charge in [-0.3, -0.25) is 0 Å². The van der Waals surface area contributed by atoms with Crippen molar-refractivity contribution < 1.29 is 13.2 Å². The van der Waals surface area contributed by atoms with Gasteiger partial charge < -0.3 is 0 Å². The van der Waals surface area contributed by atoms with E-state index in [1.54, 1.807) is 12.1 Å². The second kappa shape index (κ2) is 9.79. The van der Waals surface area contributed by atoms with E-state index in [0.29, 0.717) is 12.2 Å². The van der Waals surface area contributed by atoms with Crippen LogP contribution in [0.15, 0.2) is 30.6 Å². The van der Waals surface area contributed by atoms with Crippen molar-refractivity contribution in [2.24, 2.45) is 11.8 Å². The maximum Gasteiger partial charge on any atom is 0.159 e. The molecule has 2 rings (SSSR count). The topological polar surface area (TPSA) is 0 Å². The molecule has 128 valence electrons. The number of benzene rings is 1. The molecule has 1 saturated carbocycles. The Balaban J connectivity index is 1.61. The molecule has 0 bridgehead atoms. The van der Waals surface area contributed by atoms with Crippen LogP contribution in [0, 0.1) is 23.5 Å². The van der Waals surface area contributed by atoms with E-state index in [9.17, 15) is 13.2 Å². The predicted octanol–water partition coefficient (Wildman–Crippen LogP) is 6.75. The van der Waals surface area contributed by atoms with Crippen molar-refractivity contribution in [2.75, 3.05) is 0 Å². The number of aryl methyl sites for hydroxylation is 1. The molecule has 0 unspecified atom stereocenters. The van der Waals surface area contributed by atoms with Crippen molar-refractivity contribution in [1.82, 2.24) is 0 Å². The first kappa shape index (κ1) is 18.1. The summed E-state index contributed by atoms with van der Waals surface area (Å²) in [6.07, 6.45) is 13.6. The summed E-state index contributed by atoms with van der Waals surface area (Å²) in [6, 6.07) is 4.24. The van der Waals surface area contributed by atoms with Gasteiger partial charge in [0.05, 0.1) is 6.33 Å². The highest BCUT2D eigenvalue weighted by Crippen LogP contribution is 2.34. The lowest BCUT2D eigenvalue weighted by atomic mass is 9.78. The van der Waals surface area contributed by atoms with Gasteiger partial charge in [-0.05, 0) is 55.2 Å². The summed E-state index contributed by atoms with van der Waals surface area (Å²) in [7, 11) is 0. The molecular formula is C20H27F3. The first-order valence-electron chi connectivity index (χ1n) is 8.88. The Morgan fingerprint density at radius 2 is 1.61 bits per heavy atom. The van der Waals surface area contributed by atoms with Gasteiger partial charge in [-0.1, -0.05) is 50.7 Å². The van der Waals surface area contributed by atoms with Gasteiger partial charge in [0, 0.05) is 0 Å². The smallest absolute Gasteiger partial charge is 0.159 e. The minimum absolute atomic E-state index is 0.637. The largest absolute Gasteiger partial charge is 0.216 e. The van der Waals surface area contributed by atoms with Gasteiger partial charge in [-0.2, -0.15) is 0 Å². The van der Waals surface area contributed by atoms with Gasteiger partial charge in [0.25, 0.3) is 0 Å². The maximum absolute atomic E-state index is 13.2. The van der Waals surface area contributed by atoms with E-state index < -0.39 is 11.6 Å². The minimum atomic E-state index is -0.767. The van der Waals surface area contributed by atoms with Crippen LogP contribution < -0.4 is 0 Å². The summed E-state index contributed by atoms with van der Waals surface area (Å²) in [5.41, 5.74) is 0.895. The zero-order valence-corrected chi connectivity index (χ0v) is 13.7. The Morgan fingerprint density at radius 3 is 2.26 bits per heavy atom. The molecule has 0 spiro atoms. The van der Waals surface area contributed by atoms with Gasteiger partial charge in [0.2, 0.25) is 0 Å². The van der Waals surface area contributed by atoms with Gasteiger partial charge >= 0.3 is 0 Å². The summed E-state index contributed by atoms with van der Waals surface area (Å²) in [4.78, 5) is 0. The highest BCUT2D eigenvalue weighted by atomic mass is 19.2. The van der Waals surface area contributed by atoms with E-state index >= 15 is 0 Å². The summed E-state index contributed by atoms with van der Waals surface area (Å²) >= 11 is 0. The standard InChI is InChI=1S/C20H27F3/c21-14-4-2-1-3-5-16-6-8-17(9-7-16)10-11-18-12-13-19(22)20(23)15-18/h4,12-17H,1-3,5-11H2/b14-4+/t16-,17-. The van der Waals surface area contributed by atoms with Crippen molar-refractivity contribution in [2.45, 2.75) is 64.2 Å². The van der Waals surface area contributed by atoms with Crippen LogP contribution in [0.4, 0.5) is 13.2 Å². The van der Waals surface area contributed by atoms with Gasteiger partial charge in [-0.25, -0.2) is 13.2 Å². The van der Waals surface area contributed by atoms with E-state index in [0.717, 1.165) is 37.2 Å². The Kier molecular flexibility index (Phi) is 7.70. The SMILES string of the molecule is F/C=C/CCCC[C@H]1CC[C@H](CCc2ccc(F)c(F)c2)CC1. The quantitative estimate of drug-likeness (QED) is 0.464. The summed E-state index contributed by atoms with van der Waals surface area (Å²) in [5, 5.41) is 0. The van der Waals surface area contributed by atoms with E-state index in [1.165, 1.54) is 50.7 Å². The van der Waals surface area contributed by atoms with E-state index in [1.807, 2.05) is 0 Å². The normalized spacial score (nSPS) is 21.9. The molecule has 0 atom stereocenters. The third kappa shape index (κ3) is 6.40. The van der Waals surface area contributed by atoms with E-state index in [-0.39, 0.29) is 0 Å². The fraction of sp³-hybridized carbons (Fsp3) is 0.600. The van der Waals surface area contributed by atoms with Gasteiger partial charge in [-0.15, -0.1) is 0 Å². The third-order valence-electron chi connectivity index (χ3n) is 5.11. The third-order valence-corrected chi connectivity index (χ3v) is 5.11. The van der Waals surface area contributed by atoms with Crippen LogP contribution in [0.3, 0.4) is 0 Å². The van der Waals surface area contributed by atoms with Crippen LogP contribution in [-0.2, 0) is 6.42 Å². The van der Waals surface area contributed by atoms with Crippen LogP contribution in [0.25, 0.3) is 0 Å².